The second-order valence-corrected chi connectivity index (χ2v) is 8.00. The standard InChI is InChI=1S/C24H21N7O3/c1-33-18-7-4-6-17(14-18)31-23-21(27-28-31)22(25-15-26-23)29-9-11-30(12-10-29)24(32)20-13-16-5-2-3-8-19(16)34-20/h2-8,13-15H,9-12H2,1H3. The number of furan rings is 1. The Morgan fingerprint density at radius 3 is 2.68 bits per heavy atom. The maximum Gasteiger partial charge on any atom is 0.289 e. The van der Waals surface area contributed by atoms with Crippen LogP contribution in [0.3, 0.4) is 0 Å². The Kier molecular flexibility index (Phi) is 4.83. The van der Waals surface area contributed by atoms with Crippen molar-refractivity contribution in [2.45, 2.75) is 0 Å². The van der Waals surface area contributed by atoms with Crippen LogP contribution in [0.4, 0.5) is 5.82 Å². The minimum Gasteiger partial charge on any atom is -0.497 e. The van der Waals surface area contributed by atoms with Crippen LogP contribution in [0.5, 0.6) is 5.75 Å². The Morgan fingerprint density at radius 1 is 1.00 bits per heavy atom. The lowest BCUT2D eigenvalue weighted by molar-refractivity contribution is 0.0717. The number of benzene rings is 2. The third-order valence-electron chi connectivity index (χ3n) is 6.02. The van der Waals surface area contributed by atoms with Crippen molar-refractivity contribution in [3.05, 3.63) is 66.7 Å². The fourth-order valence-corrected chi connectivity index (χ4v) is 4.25. The van der Waals surface area contributed by atoms with Gasteiger partial charge in [0.15, 0.2) is 22.7 Å². The Labute approximate surface area is 194 Å². The monoisotopic (exact) mass is 455 g/mol. The van der Waals surface area contributed by atoms with Crippen molar-refractivity contribution < 1.29 is 13.9 Å². The maximum absolute atomic E-state index is 13.0. The molecule has 34 heavy (non-hydrogen) atoms. The van der Waals surface area contributed by atoms with Gasteiger partial charge in [-0.15, -0.1) is 5.10 Å². The number of para-hydroxylation sites is 1. The lowest BCUT2D eigenvalue weighted by Gasteiger charge is -2.34. The van der Waals surface area contributed by atoms with Crippen molar-refractivity contribution >= 4 is 33.9 Å². The molecular formula is C24H21N7O3. The van der Waals surface area contributed by atoms with Gasteiger partial charge in [0.2, 0.25) is 0 Å². The third kappa shape index (κ3) is 3.40. The number of nitrogens with zero attached hydrogens (tertiary/aromatic N) is 7. The summed E-state index contributed by atoms with van der Waals surface area (Å²) in [6.45, 7) is 2.32. The van der Waals surface area contributed by atoms with E-state index in [0.29, 0.717) is 54.5 Å². The van der Waals surface area contributed by atoms with Gasteiger partial charge in [-0.25, -0.2) is 9.97 Å². The summed E-state index contributed by atoms with van der Waals surface area (Å²) < 4.78 is 12.7. The molecule has 1 fully saturated rings. The minimum absolute atomic E-state index is 0.104. The quantitative estimate of drug-likeness (QED) is 0.408. The zero-order valence-corrected chi connectivity index (χ0v) is 18.5. The molecule has 6 rings (SSSR count). The molecule has 10 nitrogen and oxygen atoms in total. The summed E-state index contributed by atoms with van der Waals surface area (Å²) in [4.78, 5) is 25.8. The van der Waals surface area contributed by atoms with Crippen molar-refractivity contribution in [1.29, 1.82) is 0 Å². The van der Waals surface area contributed by atoms with Crippen LogP contribution in [-0.4, -0.2) is 69.1 Å². The fraction of sp³-hybridized carbons (Fsp3) is 0.208. The van der Waals surface area contributed by atoms with Gasteiger partial charge >= 0.3 is 0 Å². The number of carbonyl (C=O) groups is 1. The molecule has 3 aromatic heterocycles. The van der Waals surface area contributed by atoms with Crippen LogP contribution in [0, 0.1) is 0 Å². The smallest absolute Gasteiger partial charge is 0.289 e. The molecule has 0 N–H and O–H groups in total. The Morgan fingerprint density at radius 2 is 1.85 bits per heavy atom. The van der Waals surface area contributed by atoms with E-state index < -0.39 is 0 Å². The molecule has 1 aliphatic heterocycles. The zero-order chi connectivity index (χ0) is 23.1. The van der Waals surface area contributed by atoms with E-state index in [9.17, 15) is 4.79 Å². The van der Waals surface area contributed by atoms with Crippen molar-refractivity contribution in [2.75, 3.05) is 38.2 Å². The molecule has 0 bridgehead atoms. The molecule has 10 heteroatoms. The highest BCUT2D eigenvalue weighted by atomic mass is 16.5. The topological polar surface area (TPSA) is 102 Å². The molecule has 170 valence electrons. The summed E-state index contributed by atoms with van der Waals surface area (Å²) in [5.41, 5.74) is 2.74. The summed E-state index contributed by atoms with van der Waals surface area (Å²) in [5, 5.41) is 9.59. The van der Waals surface area contributed by atoms with Gasteiger partial charge in [-0.05, 0) is 24.3 Å². The van der Waals surface area contributed by atoms with E-state index in [2.05, 4.69) is 25.2 Å². The molecule has 0 spiro atoms. The Hall–Kier alpha value is -4.47. The number of hydrogen-bond acceptors (Lipinski definition) is 8. The molecule has 5 aromatic rings. The molecule has 0 radical (unpaired) electrons. The summed E-state index contributed by atoms with van der Waals surface area (Å²) in [6.07, 6.45) is 1.52. The highest BCUT2D eigenvalue weighted by molar-refractivity contribution is 5.96. The number of methoxy groups -OCH3 is 1. The third-order valence-corrected chi connectivity index (χ3v) is 6.02. The zero-order valence-electron chi connectivity index (χ0n) is 18.5. The van der Waals surface area contributed by atoms with Crippen LogP contribution in [0.25, 0.3) is 27.8 Å². The van der Waals surface area contributed by atoms with Gasteiger partial charge in [0, 0.05) is 37.6 Å². The number of ether oxygens (including phenoxy) is 1. The summed E-state index contributed by atoms with van der Waals surface area (Å²) in [5.74, 6) is 1.68. The van der Waals surface area contributed by atoms with E-state index in [1.807, 2.05) is 48.5 Å². The minimum atomic E-state index is -0.104. The molecule has 0 aliphatic carbocycles. The van der Waals surface area contributed by atoms with Gasteiger partial charge in [-0.2, -0.15) is 4.68 Å². The molecule has 1 amide bonds. The van der Waals surface area contributed by atoms with Gasteiger partial charge in [-0.3, -0.25) is 4.79 Å². The molecule has 4 heterocycles. The highest BCUT2D eigenvalue weighted by Crippen LogP contribution is 2.26. The van der Waals surface area contributed by atoms with Crippen molar-refractivity contribution in [2.24, 2.45) is 0 Å². The molecule has 1 aliphatic rings. The van der Waals surface area contributed by atoms with Gasteiger partial charge in [0.1, 0.15) is 17.7 Å². The van der Waals surface area contributed by atoms with Gasteiger partial charge < -0.3 is 19.0 Å². The summed E-state index contributed by atoms with van der Waals surface area (Å²) in [6, 6.07) is 17.0. The fourth-order valence-electron chi connectivity index (χ4n) is 4.25. The van der Waals surface area contributed by atoms with E-state index in [-0.39, 0.29) is 5.91 Å². The predicted octanol–water partition coefficient (Wildman–Crippen LogP) is 2.93. The average Bonchev–Trinajstić information content (AvgIpc) is 3.53. The van der Waals surface area contributed by atoms with E-state index in [4.69, 9.17) is 9.15 Å². The maximum atomic E-state index is 13.0. The first-order chi connectivity index (χ1) is 16.7. The second-order valence-electron chi connectivity index (χ2n) is 8.00. The number of carbonyl (C=O) groups excluding carboxylic acids is 1. The van der Waals surface area contributed by atoms with Gasteiger partial charge in [0.25, 0.3) is 5.91 Å². The van der Waals surface area contributed by atoms with Crippen LogP contribution < -0.4 is 9.64 Å². The van der Waals surface area contributed by atoms with Crippen LogP contribution in [0.1, 0.15) is 10.6 Å². The normalized spacial score (nSPS) is 14.1. The van der Waals surface area contributed by atoms with Crippen molar-refractivity contribution in [1.82, 2.24) is 29.9 Å². The number of anilines is 1. The van der Waals surface area contributed by atoms with Gasteiger partial charge in [0.05, 0.1) is 12.8 Å². The molecule has 2 aromatic carbocycles. The lowest BCUT2D eigenvalue weighted by Crippen LogP contribution is -2.49. The Bertz CT molecular complexity index is 1470. The highest BCUT2D eigenvalue weighted by Gasteiger charge is 2.27. The number of amides is 1. The largest absolute Gasteiger partial charge is 0.497 e. The van der Waals surface area contributed by atoms with E-state index in [1.165, 1.54) is 6.33 Å². The van der Waals surface area contributed by atoms with Crippen LogP contribution in [0.15, 0.2) is 65.3 Å². The number of piperazine rings is 1. The Balaban J connectivity index is 1.22. The van der Waals surface area contributed by atoms with Gasteiger partial charge in [-0.1, -0.05) is 29.5 Å². The van der Waals surface area contributed by atoms with Crippen molar-refractivity contribution in [3.8, 4) is 11.4 Å². The lowest BCUT2D eigenvalue weighted by atomic mass is 10.2. The van der Waals surface area contributed by atoms with Crippen molar-refractivity contribution in [3.63, 3.8) is 0 Å². The first-order valence-corrected chi connectivity index (χ1v) is 10.9. The molecule has 0 atom stereocenters. The number of fused-ring (bicyclic) bond motifs is 2. The van der Waals surface area contributed by atoms with Crippen LogP contribution >= 0.6 is 0 Å². The first-order valence-electron chi connectivity index (χ1n) is 10.9. The summed E-state index contributed by atoms with van der Waals surface area (Å²) >= 11 is 0. The molecule has 1 saturated heterocycles. The average molecular weight is 455 g/mol. The SMILES string of the molecule is COc1cccc(-n2nnc3c(N4CCN(C(=O)c5cc6ccccc6o5)CC4)ncnc32)c1. The number of aromatic nitrogens is 5. The first kappa shape index (κ1) is 20.2. The van der Waals surface area contributed by atoms with Crippen LogP contribution in [0.2, 0.25) is 0 Å². The molecule has 0 saturated carbocycles. The summed E-state index contributed by atoms with van der Waals surface area (Å²) in [7, 11) is 1.62. The van der Waals surface area contributed by atoms with Crippen LogP contribution in [-0.2, 0) is 0 Å². The second kappa shape index (κ2) is 8.14. The predicted molar refractivity (Wildman–Crippen MR) is 125 cm³/mol. The number of hydrogen-bond donors (Lipinski definition) is 0. The van der Waals surface area contributed by atoms with E-state index in [0.717, 1.165) is 16.8 Å². The molecular weight excluding hydrogens is 434 g/mol. The van der Waals surface area contributed by atoms with E-state index >= 15 is 0 Å². The number of rotatable bonds is 4. The molecule has 0 unspecified atom stereocenters. The van der Waals surface area contributed by atoms with E-state index in [1.54, 1.807) is 22.8 Å².